The Hall–Kier alpha value is -1.08. The maximum atomic E-state index is 5.98. The van der Waals surface area contributed by atoms with Crippen molar-refractivity contribution in [3.8, 4) is 0 Å². The number of nitrogens with two attached hydrogens (primary N) is 1. The molecule has 1 rings (SSSR count). The summed E-state index contributed by atoms with van der Waals surface area (Å²) in [5.41, 5.74) is 7.39. The van der Waals surface area contributed by atoms with Gasteiger partial charge in [0.2, 0.25) is 0 Å². The van der Waals surface area contributed by atoms with Crippen molar-refractivity contribution in [1.82, 2.24) is 0 Å². The van der Waals surface area contributed by atoms with Crippen LogP contribution in [0, 0.1) is 0 Å². The van der Waals surface area contributed by atoms with Gasteiger partial charge in [-0.3, -0.25) is 0 Å². The third-order valence-electron chi connectivity index (χ3n) is 2.62. The van der Waals surface area contributed by atoms with Crippen molar-refractivity contribution in [2.24, 2.45) is 5.73 Å². The number of hydrogen-bond donors (Lipinski definition) is 1. The molecule has 0 aliphatic rings. The van der Waals surface area contributed by atoms with Gasteiger partial charge in [-0.2, -0.15) is 0 Å². The highest BCUT2D eigenvalue weighted by atomic mass is 14.6. The molecule has 15 heavy (non-hydrogen) atoms. The molecule has 0 saturated carbocycles. The third-order valence-corrected chi connectivity index (χ3v) is 2.62. The van der Waals surface area contributed by atoms with Gasteiger partial charge < -0.3 is 5.73 Å². The average Bonchev–Trinajstić information content (AvgIpc) is 2.28. The van der Waals surface area contributed by atoms with E-state index in [9.17, 15) is 0 Å². The van der Waals surface area contributed by atoms with E-state index in [1.807, 2.05) is 6.08 Å². The van der Waals surface area contributed by atoms with Crippen LogP contribution in [0.15, 0.2) is 43.0 Å². The summed E-state index contributed by atoms with van der Waals surface area (Å²) in [6.45, 7) is 3.70. The Bertz CT molecular complexity index is 266. The lowest BCUT2D eigenvalue weighted by Gasteiger charge is -2.09. The average molecular weight is 203 g/mol. The zero-order chi connectivity index (χ0) is 10.9. The standard InChI is InChI=1S/C14H21N/c1-2-3-11-14(15)12-7-10-13-8-5-4-6-9-13/h2,4-6,8-9,14H,1,3,7,10-12,15H2. The SMILES string of the molecule is C=CCCC(N)CCCc1ccccc1. The van der Waals surface area contributed by atoms with Crippen LogP contribution in [0.25, 0.3) is 0 Å². The van der Waals surface area contributed by atoms with Crippen LogP contribution in [0.4, 0.5) is 0 Å². The summed E-state index contributed by atoms with van der Waals surface area (Å²) in [7, 11) is 0. The molecule has 2 N–H and O–H groups in total. The molecule has 0 fully saturated rings. The minimum absolute atomic E-state index is 0.340. The largest absolute Gasteiger partial charge is 0.328 e. The van der Waals surface area contributed by atoms with Crippen LogP contribution in [0.2, 0.25) is 0 Å². The quantitative estimate of drug-likeness (QED) is 0.676. The molecular weight excluding hydrogens is 182 g/mol. The number of hydrogen-bond acceptors (Lipinski definition) is 1. The first-order valence-corrected chi connectivity index (χ1v) is 5.73. The predicted molar refractivity (Wildman–Crippen MR) is 66.8 cm³/mol. The van der Waals surface area contributed by atoms with Crippen molar-refractivity contribution >= 4 is 0 Å². The van der Waals surface area contributed by atoms with Crippen LogP contribution < -0.4 is 5.73 Å². The second-order valence-corrected chi connectivity index (χ2v) is 4.00. The Morgan fingerprint density at radius 2 is 1.93 bits per heavy atom. The van der Waals surface area contributed by atoms with E-state index in [0.717, 1.165) is 25.7 Å². The lowest BCUT2D eigenvalue weighted by Crippen LogP contribution is -2.19. The van der Waals surface area contributed by atoms with Crippen molar-refractivity contribution in [2.75, 3.05) is 0 Å². The van der Waals surface area contributed by atoms with Crippen molar-refractivity contribution in [2.45, 2.75) is 38.1 Å². The summed E-state index contributed by atoms with van der Waals surface area (Å²) in [5, 5.41) is 0. The number of rotatable bonds is 7. The molecule has 1 heteroatoms. The molecule has 0 aliphatic carbocycles. The second-order valence-electron chi connectivity index (χ2n) is 4.00. The van der Waals surface area contributed by atoms with E-state index in [1.165, 1.54) is 12.0 Å². The van der Waals surface area contributed by atoms with Crippen LogP contribution >= 0.6 is 0 Å². The molecule has 0 spiro atoms. The van der Waals surface area contributed by atoms with Gasteiger partial charge in [0.05, 0.1) is 0 Å². The van der Waals surface area contributed by atoms with Crippen molar-refractivity contribution in [3.63, 3.8) is 0 Å². The molecule has 1 nitrogen and oxygen atoms in total. The van der Waals surface area contributed by atoms with Gasteiger partial charge >= 0.3 is 0 Å². The molecule has 0 saturated heterocycles. The molecular formula is C14H21N. The maximum Gasteiger partial charge on any atom is 0.00418 e. The molecule has 0 heterocycles. The molecule has 0 bridgehead atoms. The maximum absolute atomic E-state index is 5.98. The molecule has 1 unspecified atom stereocenters. The smallest absolute Gasteiger partial charge is 0.00418 e. The molecule has 1 aromatic carbocycles. The fourth-order valence-corrected chi connectivity index (χ4v) is 1.69. The predicted octanol–water partition coefficient (Wildman–Crippen LogP) is 3.30. The van der Waals surface area contributed by atoms with Gasteiger partial charge in [0.15, 0.2) is 0 Å². The highest BCUT2D eigenvalue weighted by Gasteiger charge is 2.00. The lowest BCUT2D eigenvalue weighted by molar-refractivity contribution is 0.550. The Labute approximate surface area is 93.0 Å². The zero-order valence-electron chi connectivity index (χ0n) is 9.36. The van der Waals surface area contributed by atoms with Crippen LogP contribution in [0.5, 0.6) is 0 Å². The molecule has 0 radical (unpaired) electrons. The van der Waals surface area contributed by atoms with E-state index < -0.39 is 0 Å². The van der Waals surface area contributed by atoms with Crippen LogP contribution in [-0.4, -0.2) is 6.04 Å². The van der Waals surface area contributed by atoms with Gasteiger partial charge in [-0.05, 0) is 37.7 Å². The monoisotopic (exact) mass is 203 g/mol. The van der Waals surface area contributed by atoms with E-state index in [0.29, 0.717) is 6.04 Å². The molecule has 1 aromatic rings. The van der Waals surface area contributed by atoms with Crippen LogP contribution in [0.3, 0.4) is 0 Å². The van der Waals surface area contributed by atoms with Gasteiger partial charge in [0.1, 0.15) is 0 Å². The highest BCUT2D eigenvalue weighted by Crippen LogP contribution is 2.08. The van der Waals surface area contributed by atoms with E-state index in [4.69, 9.17) is 5.73 Å². The van der Waals surface area contributed by atoms with Gasteiger partial charge in [0.25, 0.3) is 0 Å². The normalized spacial score (nSPS) is 12.3. The first-order valence-electron chi connectivity index (χ1n) is 5.73. The number of allylic oxidation sites excluding steroid dienone is 1. The van der Waals surface area contributed by atoms with Gasteiger partial charge in [-0.15, -0.1) is 6.58 Å². The molecule has 82 valence electrons. The molecule has 1 atom stereocenters. The Morgan fingerprint density at radius 1 is 1.20 bits per heavy atom. The first kappa shape index (κ1) is 12.0. The Kier molecular flexibility index (Phi) is 5.79. The lowest BCUT2D eigenvalue weighted by atomic mass is 10.0. The van der Waals surface area contributed by atoms with Crippen molar-refractivity contribution in [1.29, 1.82) is 0 Å². The summed E-state index contributed by atoms with van der Waals surface area (Å²) < 4.78 is 0. The van der Waals surface area contributed by atoms with Crippen LogP contribution in [-0.2, 0) is 6.42 Å². The number of benzene rings is 1. The third kappa shape index (κ3) is 5.38. The van der Waals surface area contributed by atoms with Crippen LogP contribution in [0.1, 0.15) is 31.2 Å². The minimum Gasteiger partial charge on any atom is -0.328 e. The van der Waals surface area contributed by atoms with E-state index in [2.05, 4.69) is 36.9 Å². The summed E-state index contributed by atoms with van der Waals surface area (Å²) in [5.74, 6) is 0. The number of aryl methyl sites for hydroxylation is 1. The fraction of sp³-hybridized carbons (Fsp3) is 0.429. The molecule has 0 aliphatic heterocycles. The summed E-state index contributed by atoms with van der Waals surface area (Å²) in [4.78, 5) is 0. The molecule has 0 aromatic heterocycles. The van der Waals surface area contributed by atoms with Crippen molar-refractivity contribution in [3.05, 3.63) is 48.6 Å². The van der Waals surface area contributed by atoms with Gasteiger partial charge in [-0.25, -0.2) is 0 Å². The topological polar surface area (TPSA) is 26.0 Å². The summed E-state index contributed by atoms with van der Waals surface area (Å²) in [6, 6.07) is 10.9. The van der Waals surface area contributed by atoms with E-state index in [-0.39, 0.29) is 0 Å². The van der Waals surface area contributed by atoms with Gasteiger partial charge in [0, 0.05) is 6.04 Å². The van der Waals surface area contributed by atoms with Crippen molar-refractivity contribution < 1.29 is 0 Å². The first-order chi connectivity index (χ1) is 7.33. The van der Waals surface area contributed by atoms with E-state index in [1.54, 1.807) is 0 Å². The Morgan fingerprint density at radius 3 is 2.60 bits per heavy atom. The summed E-state index contributed by atoms with van der Waals surface area (Å²) in [6.07, 6.45) is 7.48. The van der Waals surface area contributed by atoms with E-state index >= 15 is 0 Å². The highest BCUT2D eigenvalue weighted by molar-refractivity contribution is 5.14. The Balaban J connectivity index is 2.13. The fourth-order valence-electron chi connectivity index (χ4n) is 1.69. The summed E-state index contributed by atoms with van der Waals surface area (Å²) >= 11 is 0. The molecule has 0 amide bonds. The second kappa shape index (κ2) is 7.24. The zero-order valence-corrected chi connectivity index (χ0v) is 9.36. The minimum atomic E-state index is 0.340. The van der Waals surface area contributed by atoms with Gasteiger partial charge in [-0.1, -0.05) is 36.4 Å².